The molecule has 120 heavy (non-hydrogen) atoms. The van der Waals surface area contributed by atoms with Gasteiger partial charge in [-0.15, -0.1) is 0 Å². The molecule has 0 aliphatic heterocycles. The van der Waals surface area contributed by atoms with Gasteiger partial charge in [-0.2, -0.15) is 0 Å². The van der Waals surface area contributed by atoms with Crippen molar-refractivity contribution < 1.29 is 0 Å². The number of allylic oxidation sites excluding steroid dienone is 5. The van der Waals surface area contributed by atoms with E-state index in [9.17, 15) is 0 Å². The summed E-state index contributed by atoms with van der Waals surface area (Å²) in [7, 11) is 0. The first-order chi connectivity index (χ1) is 59.0. The number of fused-ring (bicyclic) bond motifs is 8. The van der Waals surface area contributed by atoms with Crippen molar-refractivity contribution in [2.45, 2.75) is 54.4 Å². The number of aryl methyl sites for hydroxylation is 5. The van der Waals surface area contributed by atoms with Crippen molar-refractivity contribution in [3.63, 3.8) is 0 Å². The summed E-state index contributed by atoms with van der Waals surface area (Å²) < 4.78 is 0. The minimum Gasteiger partial charge on any atom is -0.310 e. The quantitative estimate of drug-likeness (QED) is 0.0594. The summed E-state index contributed by atoms with van der Waals surface area (Å²) >= 11 is 0. The van der Waals surface area contributed by atoms with Crippen LogP contribution >= 0.6 is 0 Å². The zero-order valence-corrected chi connectivity index (χ0v) is 68.7. The monoisotopic (exact) mass is 1540 g/mol. The van der Waals surface area contributed by atoms with Crippen LogP contribution in [0.5, 0.6) is 0 Å². The predicted molar refractivity (Wildman–Crippen MR) is 514 cm³/mol. The average Bonchev–Trinajstić information content (AvgIpc) is 1.53. The number of benzene rings is 16. The van der Waals surface area contributed by atoms with E-state index in [0.29, 0.717) is 0 Å². The van der Waals surface area contributed by atoms with Gasteiger partial charge in [0.2, 0.25) is 0 Å². The molecule has 576 valence electrons. The van der Waals surface area contributed by atoms with Crippen molar-refractivity contribution in [2.75, 3.05) is 9.80 Å². The van der Waals surface area contributed by atoms with Gasteiger partial charge in [0.25, 0.3) is 0 Å². The Kier molecular flexibility index (Phi) is 22.0. The Labute approximate surface area is 706 Å². The lowest BCUT2D eigenvalue weighted by Gasteiger charge is -2.29. The molecule has 0 atom stereocenters. The van der Waals surface area contributed by atoms with Crippen LogP contribution in [-0.2, 0) is 6.42 Å². The fourth-order valence-corrected chi connectivity index (χ4v) is 17.5. The molecule has 0 fully saturated rings. The Morgan fingerprint density at radius 1 is 0.325 bits per heavy atom. The SMILES string of the molecule is CC/C(=C/c1ccc(N(c2ccc(C)cc2C)c2ccc(/C=C/C=C3c4ccccc4-c4ccccc43)c3ccccc23)cc1-c1cccnc1)c1ccccc1.Cc1ccc(C(=C/C=C/c2ccc(N(c3ccc(C=C4c5ccccc5-c5ccccc54)cc3)c3ccc(Cc4ccccc4)cc3C)c3ccccc23)c2ccc(C)cc2)cc1. The fraction of sp³-hybridized carbons (Fsp3) is 0.0684. The van der Waals surface area contributed by atoms with Gasteiger partial charge in [0, 0.05) is 51.5 Å². The van der Waals surface area contributed by atoms with Gasteiger partial charge in [0.1, 0.15) is 0 Å². The first-order valence-electron chi connectivity index (χ1n) is 41.8. The highest BCUT2D eigenvalue weighted by Crippen LogP contribution is 2.49. The van der Waals surface area contributed by atoms with Crippen LogP contribution in [0.2, 0.25) is 0 Å². The second-order valence-electron chi connectivity index (χ2n) is 31.5. The zero-order valence-electron chi connectivity index (χ0n) is 68.7. The van der Waals surface area contributed by atoms with E-state index in [0.717, 1.165) is 58.1 Å². The number of rotatable bonds is 19. The van der Waals surface area contributed by atoms with Crippen LogP contribution in [0.1, 0.15) is 113 Å². The van der Waals surface area contributed by atoms with Crippen LogP contribution in [0.25, 0.3) is 102 Å². The van der Waals surface area contributed by atoms with E-state index in [1.165, 1.54) is 166 Å². The van der Waals surface area contributed by atoms with Gasteiger partial charge < -0.3 is 9.80 Å². The van der Waals surface area contributed by atoms with Crippen LogP contribution < -0.4 is 9.80 Å². The first kappa shape index (κ1) is 76.5. The third-order valence-electron chi connectivity index (χ3n) is 23.5. The second kappa shape index (κ2) is 34.6. The van der Waals surface area contributed by atoms with Gasteiger partial charge in [-0.05, 0) is 252 Å². The van der Waals surface area contributed by atoms with Gasteiger partial charge >= 0.3 is 0 Å². The van der Waals surface area contributed by atoms with Crippen molar-refractivity contribution in [2.24, 2.45) is 0 Å². The van der Waals surface area contributed by atoms with Gasteiger partial charge in [-0.3, -0.25) is 4.98 Å². The number of hydrogen-bond acceptors (Lipinski definition) is 3. The van der Waals surface area contributed by atoms with Gasteiger partial charge in [-0.1, -0.05) is 382 Å². The first-order valence-corrected chi connectivity index (χ1v) is 41.8. The summed E-state index contributed by atoms with van der Waals surface area (Å²) in [5.74, 6) is 0. The number of anilines is 6. The van der Waals surface area contributed by atoms with E-state index < -0.39 is 0 Å². The predicted octanol–water partition coefficient (Wildman–Crippen LogP) is 31.6. The van der Waals surface area contributed by atoms with E-state index in [4.69, 9.17) is 0 Å². The van der Waals surface area contributed by atoms with Crippen molar-refractivity contribution in [1.82, 2.24) is 4.98 Å². The largest absolute Gasteiger partial charge is 0.310 e. The van der Waals surface area contributed by atoms with E-state index >= 15 is 0 Å². The maximum Gasteiger partial charge on any atom is 0.0540 e. The summed E-state index contributed by atoms with van der Waals surface area (Å²) in [6, 6.07) is 135. The fourth-order valence-electron chi connectivity index (χ4n) is 17.5. The van der Waals surface area contributed by atoms with E-state index in [2.05, 4.69) is 469 Å². The lowest BCUT2D eigenvalue weighted by molar-refractivity contribution is 1.17. The average molecular weight is 1540 g/mol. The standard InChI is InChI=1S/C62H49N.C55H44N2/c1-43-24-31-50(32-25-43)53(51-33-26-44(2)27-34-51)23-13-16-49-35-39-62(59-22-12-7-17-54(49)59)63(61-38-30-48(40-45(61)3)41-46-14-5-4-6-15-46)52-36-28-47(29-37-52)42-60-57-20-10-8-18-55(57)56-19-9-11-21-58(56)60;1-4-40(41-16-6-5-7-17-41)35-43-28-30-45(36-53(43)44-19-15-33-56-37-44)57(54-31-27-38(2)34-39(54)3)55-32-29-42(46-20-8-13-25-52(46)55)18-14-26-51-49-23-11-9-21-47(49)48-22-10-12-24-50(48)51/h4-40,42H,41H2,1-3H3;5-37H,4H2,1-3H3/b16-13+;18-14+,40-35-. The molecule has 0 saturated carbocycles. The third kappa shape index (κ3) is 15.9. The van der Waals surface area contributed by atoms with Crippen LogP contribution in [0.15, 0.2) is 407 Å². The lowest BCUT2D eigenvalue weighted by Crippen LogP contribution is -2.12. The van der Waals surface area contributed by atoms with Crippen LogP contribution in [0.4, 0.5) is 34.1 Å². The normalized spacial score (nSPS) is 11.9. The number of pyridine rings is 1. The molecule has 0 N–H and O–H groups in total. The Morgan fingerprint density at radius 2 is 0.783 bits per heavy atom. The smallest absolute Gasteiger partial charge is 0.0540 e. The Bertz CT molecular complexity index is 6710. The van der Waals surface area contributed by atoms with Crippen molar-refractivity contribution in [3.8, 4) is 33.4 Å². The number of aromatic nitrogens is 1. The Balaban J connectivity index is 0.000000165. The molecule has 0 spiro atoms. The molecule has 2 aliphatic carbocycles. The molecule has 19 rings (SSSR count). The van der Waals surface area contributed by atoms with Crippen molar-refractivity contribution in [3.05, 3.63) is 507 Å². The zero-order chi connectivity index (χ0) is 81.4. The molecular weight excluding hydrogens is 1450 g/mol. The van der Waals surface area contributed by atoms with Gasteiger partial charge in [-0.25, -0.2) is 0 Å². The Morgan fingerprint density at radius 3 is 1.32 bits per heavy atom. The van der Waals surface area contributed by atoms with Gasteiger partial charge in [0.05, 0.1) is 11.4 Å². The minimum atomic E-state index is 0.894. The van der Waals surface area contributed by atoms with E-state index in [-0.39, 0.29) is 0 Å². The topological polar surface area (TPSA) is 19.4 Å². The molecule has 0 bridgehead atoms. The van der Waals surface area contributed by atoms with E-state index in [1.54, 1.807) is 0 Å². The lowest BCUT2D eigenvalue weighted by atomic mass is 9.94. The molecule has 0 saturated heterocycles. The molecular formula is C117H93N3. The maximum absolute atomic E-state index is 4.55. The third-order valence-corrected chi connectivity index (χ3v) is 23.5. The molecule has 1 heterocycles. The number of hydrogen-bond donors (Lipinski definition) is 0. The molecule has 17 aromatic rings. The Hall–Kier alpha value is -14.8. The van der Waals surface area contributed by atoms with Crippen LogP contribution in [0.3, 0.4) is 0 Å². The maximum atomic E-state index is 4.55. The molecule has 16 aromatic carbocycles. The summed E-state index contributed by atoms with van der Waals surface area (Å²) in [4.78, 5) is 9.43. The molecule has 0 radical (unpaired) electrons. The highest BCUT2D eigenvalue weighted by atomic mass is 15.2. The van der Waals surface area contributed by atoms with E-state index in [1.807, 2.05) is 18.5 Å². The van der Waals surface area contributed by atoms with Crippen LogP contribution in [0, 0.1) is 34.6 Å². The molecule has 1 aromatic heterocycles. The van der Waals surface area contributed by atoms with Crippen molar-refractivity contribution >= 4 is 102 Å². The number of nitrogens with zero attached hydrogens (tertiary/aromatic N) is 3. The van der Waals surface area contributed by atoms with Crippen LogP contribution in [-0.4, -0.2) is 4.98 Å². The van der Waals surface area contributed by atoms with Crippen molar-refractivity contribution in [1.29, 1.82) is 0 Å². The highest BCUT2D eigenvalue weighted by molar-refractivity contribution is 6.09. The summed E-state index contributed by atoms with van der Waals surface area (Å²) in [6.07, 6.45) is 23.8. The second-order valence-corrected chi connectivity index (χ2v) is 31.5. The molecule has 0 unspecified atom stereocenters. The molecule has 0 amide bonds. The molecule has 2 aliphatic rings. The summed E-state index contributed by atoms with van der Waals surface area (Å²) in [6.45, 7) is 13.1. The minimum absolute atomic E-state index is 0.894. The molecule has 3 nitrogen and oxygen atoms in total. The summed E-state index contributed by atoms with van der Waals surface area (Å²) in [5.41, 5.74) is 41.5. The molecule has 3 heteroatoms. The highest BCUT2D eigenvalue weighted by Gasteiger charge is 2.26. The van der Waals surface area contributed by atoms with Gasteiger partial charge in [0.15, 0.2) is 0 Å². The summed E-state index contributed by atoms with van der Waals surface area (Å²) in [5, 5.41) is 4.79.